The van der Waals surface area contributed by atoms with E-state index in [4.69, 9.17) is 4.74 Å². The lowest BCUT2D eigenvalue weighted by molar-refractivity contribution is -0.144. The lowest BCUT2D eigenvalue weighted by atomic mass is 9.98. The Kier molecular flexibility index (Phi) is 4.68. The molecule has 1 heterocycles. The zero-order valence-corrected chi connectivity index (χ0v) is 13.3. The van der Waals surface area contributed by atoms with Gasteiger partial charge >= 0.3 is 5.97 Å². The highest BCUT2D eigenvalue weighted by molar-refractivity contribution is 7.91. The molecule has 0 aromatic heterocycles. The summed E-state index contributed by atoms with van der Waals surface area (Å²) < 4.78 is 29.0. The average Bonchev–Trinajstić information content (AvgIpc) is 2.45. The number of rotatable bonds is 4. The molecule has 1 aromatic carbocycles. The van der Waals surface area contributed by atoms with Crippen LogP contribution < -0.4 is 5.32 Å². The second-order valence-electron chi connectivity index (χ2n) is 5.61. The van der Waals surface area contributed by atoms with E-state index in [1.54, 1.807) is 18.2 Å². The highest BCUT2D eigenvalue weighted by Crippen LogP contribution is 2.32. The minimum absolute atomic E-state index is 0.0585. The number of carbonyl (C=O) groups excluding carboxylic acids is 1. The summed E-state index contributed by atoms with van der Waals surface area (Å²) in [6.07, 6.45) is 0.458. The van der Waals surface area contributed by atoms with Crippen molar-refractivity contribution >= 4 is 15.8 Å². The van der Waals surface area contributed by atoms with Crippen LogP contribution in [0.5, 0.6) is 0 Å². The van der Waals surface area contributed by atoms with Crippen molar-refractivity contribution in [3.05, 3.63) is 29.8 Å². The number of sulfone groups is 1. The maximum atomic E-state index is 12.1. The number of nitrogens with one attached hydrogen (secondary N) is 1. The number of methoxy groups -OCH3 is 1. The van der Waals surface area contributed by atoms with Crippen LogP contribution in [-0.4, -0.2) is 33.3 Å². The Labute approximate surface area is 125 Å². The van der Waals surface area contributed by atoms with Crippen molar-refractivity contribution in [1.29, 1.82) is 0 Å². The van der Waals surface area contributed by atoms with E-state index in [0.717, 1.165) is 5.56 Å². The van der Waals surface area contributed by atoms with E-state index in [1.165, 1.54) is 7.11 Å². The molecule has 1 aromatic rings. The molecule has 0 fully saturated rings. The summed E-state index contributed by atoms with van der Waals surface area (Å²) in [5, 5.41) is 3.26. The Morgan fingerprint density at radius 2 is 2.00 bits per heavy atom. The Bertz CT molecular complexity index is 624. The second-order valence-corrected chi connectivity index (χ2v) is 7.69. The molecule has 2 atom stereocenters. The van der Waals surface area contributed by atoms with E-state index in [0.29, 0.717) is 11.3 Å². The van der Waals surface area contributed by atoms with Crippen LogP contribution in [0.3, 0.4) is 0 Å². The number of esters is 1. The van der Waals surface area contributed by atoms with Gasteiger partial charge in [0.15, 0.2) is 9.84 Å². The van der Waals surface area contributed by atoms with Crippen LogP contribution in [0.2, 0.25) is 0 Å². The largest absolute Gasteiger partial charge is 0.468 e. The maximum absolute atomic E-state index is 12.1. The first-order valence-corrected chi connectivity index (χ1v) is 8.67. The van der Waals surface area contributed by atoms with Crippen molar-refractivity contribution < 1.29 is 17.9 Å². The fraction of sp³-hybridized carbons (Fsp3) is 0.533. The Morgan fingerprint density at radius 1 is 1.33 bits per heavy atom. The summed E-state index contributed by atoms with van der Waals surface area (Å²) in [5.41, 5.74) is 0.735. The van der Waals surface area contributed by atoms with Gasteiger partial charge in [0.1, 0.15) is 6.04 Å². The third-order valence-corrected chi connectivity index (χ3v) is 5.62. The maximum Gasteiger partial charge on any atom is 0.323 e. The van der Waals surface area contributed by atoms with Gasteiger partial charge in [-0.05, 0) is 24.0 Å². The van der Waals surface area contributed by atoms with Crippen LogP contribution in [0.15, 0.2) is 29.2 Å². The van der Waals surface area contributed by atoms with Crippen LogP contribution in [0.25, 0.3) is 0 Å². The van der Waals surface area contributed by atoms with Crippen molar-refractivity contribution in [3.8, 4) is 0 Å². The number of benzene rings is 1. The fourth-order valence-corrected chi connectivity index (χ4v) is 4.26. The first-order valence-electron chi connectivity index (χ1n) is 7.02. The Morgan fingerprint density at radius 3 is 2.62 bits per heavy atom. The molecular weight excluding hydrogens is 290 g/mol. The normalized spacial score (nSPS) is 21.6. The molecule has 0 saturated carbocycles. The standard InChI is InChI=1S/C15H21NO4S/c1-10(2)14(15(17)20-3)16-12-8-9-21(18,19)13-7-5-4-6-11(12)13/h4-7,10,12,14,16H,8-9H2,1-3H3. The van der Waals surface area contributed by atoms with E-state index in [2.05, 4.69) is 5.32 Å². The minimum Gasteiger partial charge on any atom is -0.468 e. The van der Waals surface area contributed by atoms with Crippen molar-refractivity contribution in [1.82, 2.24) is 5.32 Å². The van der Waals surface area contributed by atoms with Crippen LogP contribution >= 0.6 is 0 Å². The number of fused-ring (bicyclic) bond motifs is 1. The average molecular weight is 311 g/mol. The highest BCUT2D eigenvalue weighted by atomic mass is 32.2. The van der Waals surface area contributed by atoms with Gasteiger partial charge in [0.05, 0.1) is 17.8 Å². The molecule has 5 nitrogen and oxygen atoms in total. The van der Waals surface area contributed by atoms with E-state index in [1.807, 2.05) is 19.9 Å². The molecule has 116 valence electrons. The molecule has 0 aliphatic carbocycles. The topological polar surface area (TPSA) is 72.5 Å². The lowest BCUT2D eigenvalue weighted by Crippen LogP contribution is -2.45. The Hall–Kier alpha value is -1.40. The van der Waals surface area contributed by atoms with Crippen LogP contribution in [0.1, 0.15) is 31.9 Å². The van der Waals surface area contributed by atoms with Gasteiger partial charge in [-0.25, -0.2) is 8.42 Å². The van der Waals surface area contributed by atoms with Crippen molar-refractivity contribution in [2.75, 3.05) is 12.9 Å². The molecule has 21 heavy (non-hydrogen) atoms. The molecule has 0 saturated heterocycles. The molecule has 2 rings (SSSR count). The molecule has 6 heteroatoms. The smallest absolute Gasteiger partial charge is 0.323 e. The van der Waals surface area contributed by atoms with Crippen molar-refractivity contribution in [3.63, 3.8) is 0 Å². The highest BCUT2D eigenvalue weighted by Gasteiger charge is 2.33. The van der Waals surface area contributed by atoms with Gasteiger partial charge in [-0.15, -0.1) is 0 Å². The lowest BCUT2D eigenvalue weighted by Gasteiger charge is -2.30. The molecular formula is C15H21NO4S. The number of hydrogen-bond acceptors (Lipinski definition) is 5. The predicted molar refractivity (Wildman–Crippen MR) is 79.6 cm³/mol. The molecule has 2 unspecified atom stereocenters. The first kappa shape index (κ1) is 16.0. The minimum atomic E-state index is -3.21. The number of hydrogen-bond donors (Lipinski definition) is 1. The predicted octanol–water partition coefficient (Wildman–Crippen LogP) is 1.69. The summed E-state index contributed by atoms with van der Waals surface area (Å²) in [5.74, 6) is -0.174. The quantitative estimate of drug-likeness (QED) is 0.857. The Balaban J connectivity index is 2.32. The van der Waals surface area contributed by atoms with Gasteiger partial charge in [0.2, 0.25) is 0 Å². The molecule has 1 N–H and O–H groups in total. The number of carbonyl (C=O) groups is 1. The molecule has 0 radical (unpaired) electrons. The molecule has 0 amide bonds. The summed E-state index contributed by atoms with van der Waals surface area (Å²) in [7, 11) is -1.85. The first-order chi connectivity index (χ1) is 9.86. The molecule has 0 spiro atoms. The van der Waals surface area contributed by atoms with Gasteiger partial charge in [-0.1, -0.05) is 32.0 Å². The fourth-order valence-electron chi connectivity index (χ4n) is 2.64. The van der Waals surface area contributed by atoms with Gasteiger partial charge in [-0.2, -0.15) is 0 Å². The molecule has 0 bridgehead atoms. The van der Waals surface area contributed by atoms with Gasteiger partial charge in [0.25, 0.3) is 0 Å². The summed E-state index contributed by atoms with van der Waals surface area (Å²) in [6.45, 7) is 3.86. The van der Waals surface area contributed by atoms with Crippen molar-refractivity contribution in [2.24, 2.45) is 5.92 Å². The third-order valence-electron chi connectivity index (χ3n) is 3.81. The van der Waals surface area contributed by atoms with Crippen molar-refractivity contribution in [2.45, 2.75) is 37.2 Å². The molecule has 1 aliphatic heterocycles. The summed E-state index contributed by atoms with van der Waals surface area (Å²) >= 11 is 0. The van der Waals surface area contributed by atoms with Gasteiger partial charge < -0.3 is 4.74 Å². The van der Waals surface area contributed by atoms with E-state index in [9.17, 15) is 13.2 Å². The van der Waals surface area contributed by atoms with Gasteiger partial charge in [-0.3, -0.25) is 10.1 Å². The van der Waals surface area contributed by atoms with Crippen LogP contribution in [0, 0.1) is 5.92 Å². The number of ether oxygens (including phenoxy) is 1. The molecule has 1 aliphatic rings. The zero-order valence-electron chi connectivity index (χ0n) is 12.5. The van der Waals surface area contributed by atoms with E-state index in [-0.39, 0.29) is 23.7 Å². The van der Waals surface area contributed by atoms with Gasteiger partial charge in [0, 0.05) is 6.04 Å². The van der Waals surface area contributed by atoms with E-state index >= 15 is 0 Å². The summed E-state index contributed by atoms with van der Waals surface area (Å²) in [6, 6.07) is 6.36. The van der Waals surface area contributed by atoms with E-state index < -0.39 is 15.9 Å². The van der Waals surface area contributed by atoms with Crippen LogP contribution in [-0.2, 0) is 19.4 Å². The second kappa shape index (κ2) is 6.15. The summed E-state index contributed by atoms with van der Waals surface area (Å²) in [4.78, 5) is 12.2. The third kappa shape index (κ3) is 3.27. The zero-order chi connectivity index (χ0) is 15.6. The van der Waals surface area contributed by atoms with Crippen LogP contribution in [0.4, 0.5) is 0 Å². The monoisotopic (exact) mass is 311 g/mol. The SMILES string of the molecule is COC(=O)C(NC1CCS(=O)(=O)c2ccccc21)C(C)C.